The van der Waals surface area contributed by atoms with E-state index in [-0.39, 0.29) is 31.3 Å². The van der Waals surface area contributed by atoms with Gasteiger partial charge in [-0.15, -0.1) is 0 Å². The second-order valence-electron chi connectivity index (χ2n) is 8.25. The Morgan fingerprint density at radius 3 is 1.84 bits per heavy atom. The van der Waals surface area contributed by atoms with Crippen LogP contribution in [0, 0.1) is 0 Å². The van der Waals surface area contributed by atoms with Gasteiger partial charge in [-0.1, -0.05) is 66.7 Å². The summed E-state index contributed by atoms with van der Waals surface area (Å²) in [7, 11) is 0. The molecule has 3 rings (SSSR count). The molecule has 0 atom stereocenters. The third-order valence-electron chi connectivity index (χ3n) is 4.90. The number of hydrogen-bond donors (Lipinski definition) is 3. The predicted molar refractivity (Wildman–Crippen MR) is 124 cm³/mol. The first kappa shape index (κ1) is 22.2. The van der Waals surface area contributed by atoms with E-state index in [0.29, 0.717) is 5.69 Å². The van der Waals surface area contributed by atoms with Crippen molar-refractivity contribution < 1.29 is 14.7 Å². The lowest BCUT2D eigenvalue weighted by molar-refractivity contribution is -0.122. The van der Waals surface area contributed by atoms with Crippen molar-refractivity contribution in [1.82, 2.24) is 5.32 Å². The van der Waals surface area contributed by atoms with Crippen molar-refractivity contribution in [2.24, 2.45) is 0 Å². The van der Waals surface area contributed by atoms with Gasteiger partial charge in [0.1, 0.15) is 0 Å². The lowest BCUT2D eigenvalue weighted by Crippen LogP contribution is -2.46. The molecule has 0 aliphatic rings. The zero-order valence-corrected chi connectivity index (χ0v) is 17.9. The zero-order valence-electron chi connectivity index (χ0n) is 17.9. The van der Waals surface area contributed by atoms with E-state index in [0.717, 1.165) is 22.3 Å². The Bertz CT molecular complexity index is 1010. The monoisotopic (exact) mass is 416 g/mol. The lowest BCUT2D eigenvalue weighted by atomic mass is 10.0. The number of carbonyl (C=O) groups is 2. The van der Waals surface area contributed by atoms with Crippen molar-refractivity contribution in [3.8, 4) is 11.1 Å². The van der Waals surface area contributed by atoms with Gasteiger partial charge in [-0.2, -0.15) is 0 Å². The number of carbonyl (C=O) groups excluding carboxylic acids is 2. The molecule has 2 amide bonds. The number of aliphatic hydroxyl groups excluding tert-OH is 1. The van der Waals surface area contributed by atoms with Crippen LogP contribution < -0.4 is 10.6 Å². The van der Waals surface area contributed by atoms with Crippen molar-refractivity contribution >= 4 is 17.5 Å². The molecule has 5 nitrogen and oxygen atoms in total. The van der Waals surface area contributed by atoms with Gasteiger partial charge in [0.05, 0.1) is 25.0 Å². The van der Waals surface area contributed by atoms with E-state index in [1.54, 1.807) is 26.0 Å². The molecule has 0 fully saturated rings. The van der Waals surface area contributed by atoms with E-state index in [2.05, 4.69) is 22.8 Å². The summed E-state index contributed by atoms with van der Waals surface area (Å²) in [6.45, 7) is 3.40. The zero-order chi connectivity index (χ0) is 22.3. The first-order valence-corrected chi connectivity index (χ1v) is 10.3. The maximum absolute atomic E-state index is 12.4. The van der Waals surface area contributed by atoms with E-state index in [4.69, 9.17) is 0 Å². The minimum atomic E-state index is -0.649. The summed E-state index contributed by atoms with van der Waals surface area (Å²) >= 11 is 0. The van der Waals surface area contributed by atoms with Crippen LogP contribution in [-0.2, 0) is 22.4 Å². The van der Waals surface area contributed by atoms with Crippen LogP contribution in [0.1, 0.15) is 25.0 Å². The highest BCUT2D eigenvalue weighted by atomic mass is 16.3. The first-order chi connectivity index (χ1) is 14.8. The third kappa shape index (κ3) is 6.79. The van der Waals surface area contributed by atoms with E-state index in [1.165, 1.54) is 0 Å². The van der Waals surface area contributed by atoms with Crippen LogP contribution in [0.2, 0.25) is 0 Å². The molecular weight excluding hydrogens is 388 g/mol. The van der Waals surface area contributed by atoms with Crippen LogP contribution in [0.3, 0.4) is 0 Å². The first-order valence-electron chi connectivity index (χ1n) is 10.3. The van der Waals surface area contributed by atoms with Crippen LogP contribution in [0.25, 0.3) is 11.1 Å². The van der Waals surface area contributed by atoms with Crippen LogP contribution in [0.4, 0.5) is 5.69 Å². The second-order valence-corrected chi connectivity index (χ2v) is 8.25. The van der Waals surface area contributed by atoms with Gasteiger partial charge in [0.2, 0.25) is 11.8 Å². The largest absolute Gasteiger partial charge is 0.394 e. The van der Waals surface area contributed by atoms with Gasteiger partial charge in [-0.25, -0.2) is 0 Å². The molecule has 0 heterocycles. The summed E-state index contributed by atoms with van der Waals surface area (Å²) in [4.78, 5) is 24.5. The van der Waals surface area contributed by atoms with Crippen molar-refractivity contribution in [2.75, 3.05) is 11.9 Å². The van der Waals surface area contributed by atoms with Gasteiger partial charge in [0, 0.05) is 5.69 Å². The highest BCUT2D eigenvalue weighted by Gasteiger charge is 2.19. The molecule has 0 saturated carbocycles. The minimum Gasteiger partial charge on any atom is -0.394 e. The number of anilines is 1. The van der Waals surface area contributed by atoms with Crippen molar-refractivity contribution in [3.63, 3.8) is 0 Å². The Kier molecular flexibility index (Phi) is 7.21. The predicted octanol–water partition coefficient (Wildman–Crippen LogP) is 3.96. The van der Waals surface area contributed by atoms with Crippen LogP contribution in [0.15, 0.2) is 78.9 Å². The Labute approximate surface area is 183 Å². The molecule has 160 valence electrons. The number of benzene rings is 3. The van der Waals surface area contributed by atoms with E-state index < -0.39 is 5.54 Å². The molecule has 3 aromatic carbocycles. The number of nitrogens with one attached hydrogen (secondary N) is 2. The Balaban J connectivity index is 1.52. The van der Waals surface area contributed by atoms with Gasteiger partial charge in [0.25, 0.3) is 0 Å². The maximum atomic E-state index is 12.4. The molecule has 0 unspecified atom stereocenters. The summed E-state index contributed by atoms with van der Waals surface area (Å²) in [5, 5.41) is 14.9. The smallest absolute Gasteiger partial charge is 0.228 e. The van der Waals surface area contributed by atoms with Gasteiger partial charge >= 0.3 is 0 Å². The molecule has 0 bridgehead atoms. The molecule has 0 spiro atoms. The normalized spacial score (nSPS) is 11.1. The Hall–Kier alpha value is -3.44. The van der Waals surface area contributed by atoms with Crippen LogP contribution in [-0.4, -0.2) is 29.1 Å². The summed E-state index contributed by atoms with van der Waals surface area (Å²) in [5.74, 6) is -0.252. The number of hydrogen-bond acceptors (Lipinski definition) is 3. The molecule has 0 radical (unpaired) electrons. The third-order valence-corrected chi connectivity index (χ3v) is 4.90. The van der Waals surface area contributed by atoms with E-state index in [9.17, 15) is 14.7 Å². The van der Waals surface area contributed by atoms with Gasteiger partial charge in [-0.3, -0.25) is 9.59 Å². The summed E-state index contributed by atoms with van der Waals surface area (Å²) < 4.78 is 0. The number of amides is 2. The van der Waals surface area contributed by atoms with Crippen molar-refractivity contribution in [1.29, 1.82) is 0 Å². The van der Waals surface area contributed by atoms with E-state index >= 15 is 0 Å². The fraction of sp³-hybridized carbons (Fsp3) is 0.231. The average Bonchev–Trinajstić information content (AvgIpc) is 2.76. The summed E-state index contributed by atoms with van der Waals surface area (Å²) in [6.07, 6.45) is 0.501. The van der Waals surface area contributed by atoms with Crippen molar-refractivity contribution in [2.45, 2.75) is 32.2 Å². The Morgan fingerprint density at radius 1 is 0.742 bits per heavy atom. The summed E-state index contributed by atoms with van der Waals surface area (Å²) in [6, 6.07) is 25.3. The van der Waals surface area contributed by atoms with Crippen LogP contribution >= 0.6 is 0 Å². The van der Waals surface area contributed by atoms with Gasteiger partial charge in [0.15, 0.2) is 0 Å². The molecule has 0 aliphatic heterocycles. The van der Waals surface area contributed by atoms with Crippen molar-refractivity contribution in [3.05, 3.63) is 90.0 Å². The van der Waals surface area contributed by atoms with Crippen LogP contribution in [0.5, 0.6) is 0 Å². The molecule has 0 aliphatic carbocycles. The molecular formula is C26H28N2O3. The molecule has 0 saturated heterocycles. The molecule has 0 aromatic heterocycles. The second kappa shape index (κ2) is 10.0. The highest BCUT2D eigenvalue weighted by molar-refractivity contribution is 5.92. The SMILES string of the molecule is CC(C)(CO)NC(=O)Cc1ccc(NC(=O)Cc2ccc(-c3ccccc3)cc2)cc1. The molecule has 3 N–H and O–H groups in total. The van der Waals surface area contributed by atoms with Gasteiger partial charge < -0.3 is 15.7 Å². The fourth-order valence-electron chi connectivity index (χ4n) is 3.19. The molecule has 3 aromatic rings. The molecule has 31 heavy (non-hydrogen) atoms. The summed E-state index contributed by atoms with van der Waals surface area (Å²) in [5.41, 5.74) is 4.08. The lowest BCUT2D eigenvalue weighted by Gasteiger charge is -2.23. The van der Waals surface area contributed by atoms with Gasteiger partial charge in [-0.05, 0) is 48.2 Å². The topological polar surface area (TPSA) is 78.4 Å². The standard InChI is InChI=1S/C26H28N2O3/c1-26(2,18-29)28-25(31)17-20-10-14-23(15-11-20)27-24(30)16-19-8-12-22(13-9-19)21-6-4-3-5-7-21/h3-15,29H,16-18H2,1-2H3,(H,27,30)(H,28,31). The molecule has 5 heteroatoms. The average molecular weight is 417 g/mol. The number of aliphatic hydroxyl groups is 1. The maximum Gasteiger partial charge on any atom is 0.228 e. The Morgan fingerprint density at radius 2 is 1.26 bits per heavy atom. The fourth-order valence-corrected chi connectivity index (χ4v) is 3.19. The highest BCUT2D eigenvalue weighted by Crippen LogP contribution is 2.19. The number of rotatable bonds is 8. The van der Waals surface area contributed by atoms with E-state index in [1.807, 2.05) is 54.6 Å². The minimum absolute atomic E-state index is 0.0948. The quantitative estimate of drug-likeness (QED) is 0.520.